The van der Waals surface area contributed by atoms with Gasteiger partial charge in [-0.15, -0.1) is 0 Å². The first-order chi connectivity index (χ1) is 12.7. The lowest BCUT2D eigenvalue weighted by atomic mass is 10.2. The van der Waals surface area contributed by atoms with E-state index in [0.717, 1.165) is 24.8 Å². The van der Waals surface area contributed by atoms with Gasteiger partial charge in [0.2, 0.25) is 5.95 Å². The number of methoxy groups -OCH3 is 1. The van der Waals surface area contributed by atoms with E-state index in [1.165, 1.54) is 25.7 Å². The number of aromatic nitrogens is 2. The molecule has 26 heavy (non-hydrogen) atoms. The molecule has 1 aliphatic rings. The van der Waals surface area contributed by atoms with Gasteiger partial charge in [-0.1, -0.05) is 12.8 Å². The fraction of sp³-hybridized carbons (Fsp3) is 0.421. The molecule has 0 saturated carbocycles. The number of carbonyl (C=O) groups excluding carboxylic acids is 1. The molecule has 1 fully saturated rings. The van der Waals surface area contributed by atoms with Crippen molar-refractivity contribution in [1.82, 2.24) is 9.97 Å². The van der Waals surface area contributed by atoms with Crippen LogP contribution in [-0.2, 0) is 4.79 Å². The van der Waals surface area contributed by atoms with Crippen molar-refractivity contribution in [3.63, 3.8) is 0 Å². The lowest BCUT2D eigenvalue weighted by molar-refractivity contribution is -0.118. The van der Waals surface area contributed by atoms with E-state index >= 15 is 0 Å². The van der Waals surface area contributed by atoms with E-state index in [9.17, 15) is 4.79 Å². The first kappa shape index (κ1) is 18.0. The first-order valence-electron chi connectivity index (χ1n) is 8.88. The minimum absolute atomic E-state index is 0.0831. The van der Waals surface area contributed by atoms with Gasteiger partial charge in [-0.05, 0) is 37.1 Å². The molecule has 7 nitrogen and oxygen atoms in total. The molecule has 2 aromatic rings. The Morgan fingerprint density at radius 3 is 2.27 bits per heavy atom. The molecule has 1 aromatic carbocycles. The van der Waals surface area contributed by atoms with Crippen molar-refractivity contribution < 1.29 is 14.3 Å². The van der Waals surface area contributed by atoms with Crippen LogP contribution >= 0.6 is 0 Å². The molecule has 1 aromatic heterocycles. The molecule has 1 saturated heterocycles. The molecule has 1 amide bonds. The highest BCUT2D eigenvalue weighted by Gasteiger charge is 2.12. The zero-order valence-electron chi connectivity index (χ0n) is 15.0. The van der Waals surface area contributed by atoms with Crippen LogP contribution in [0.3, 0.4) is 0 Å². The van der Waals surface area contributed by atoms with E-state index in [-0.39, 0.29) is 12.5 Å². The third kappa shape index (κ3) is 5.08. The molecule has 0 aliphatic carbocycles. The molecule has 0 spiro atoms. The predicted octanol–water partition coefficient (Wildman–Crippen LogP) is 2.88. The van der Waals surface area contributed by atoms with Crippen LogP contribution in [0.15, 0.2) is 36.7 Å². The van der Waals surface area contributed by atoms with E-state index in [1.807, 2.05) is 0 Å². The summed E-state index contributed by atoms with van der Waals surface area (Å²) in [4.78, 5) is 23.0. The lowest BCUT2D eigenvalue weighted by Gasteiger charge is -2.19. The molecule has 2 heterocycles. The monoisotopic (exact) mass is 356 g/mol. The summed E-state index contributed by atoms with van der Waals surface area (Å²) >= 11 is 0. The second-order valence-corrected chi connectivity index (χ2v) is 6.19. The van der Waals surface area contributed by atoms with E-state index in [0.29, 0.717) is 11.4 Å². The van der Waals surface area contributed by atoms with Crippen LogP contribution in [0.4, 0.5) is 11.6 Å². The number of nitrogens with one attached hydrogen (secondary N) is 1. The number of hydrogen-bond acceptors (Lipinski definition) is 6. The van der Waals surface area contributed by atoms with Crippen molar-refractivity contribution in [1.29, 1.82) is 0 Å². The van der Waals surface area contributed by atoms with Gasteiger partial charge in [-0.2, -0.15) is 0 Å². The summed E-state index contributed by atoms with van der Waals surface area (Å²) in [6.07, 6.45) is 8.14. The van der Waals surface area contributed by atoms with E-state index in [2.05, 4.69) is 20.2 Å². The molecular weight excluding hydrogens is 332 g/mol. The Kier molecular flexibility index (Phi) is 6.24. The first-order valence-corrected chi connectivity index (χ1v) is 8.88. The number of anilines is 2. The number of ether oxygens (including phenoxy) is 2. The molecule has 1 aliphatic heterocycles. The van der Waals surface area contributed by atoms with E-state index in [4.69, 9.17) is 9.47 Å². The maximum atomic E-state index is 12.0. The highest BCUT2D eigenvalue weighted by atomic mass is 16.5. The lowest BCUT2D eigenvalue weighted by Crippen LogP contribution is -2.26. The van der Waals surface area contributed by atoms with Crippen LogP contribution in [0.1, 0.15) is 25.7 Å². The zero-order valence-corrected chi connectivity index (χ0v) is 15.0. The van der Waals surface area contributed by atoms with Crippen molar-refractivity contribution in [2.45, 2.75) is 25.7 Å². The van der Waals surface area contributed by atoms with Gasteiger partial charge in [0.15, 0.2) is 6.61 Å². The average molecular weight is 356 g/mol. The maximum absolute atomic E-state index is 12.0. The Labute approximate surface area is 153 Å². The van der Waals surface area contributed by atoms with Gasteiger partial charge in [-0.3, -0.25) is 4.79 Å². The number of hydrogen-bond donors (Lipinski definition) is 1. The number of carbonyl (C=O) groups is 1. The minimum atomic E-state index is -0.257. The van der Waals surface area contributed by atoms with Crippen molar-refractivity contribution >= 4 is 17.5 Å². The van der Waals surface area contributed by atoms with Gasteiger partial charge in [0.05, 0.1) is 25.2 Å². The van der Waals surface area contributed by atoms with Gasteiger partial charge in [-0.25, -0.2) is 9.97 Å². The summed E-state index contributed by atoms with van der Waals surface area (Å²) in [5, 5.41) is 2.75. The topological polar surface area (TPSA) is 76.6 Å². The smallest absolute Gasteiger partial charge is 0.262 e. The summed E-state index contributed by atoms with van der Waals surface area (Å²) < 4.78 is 10.5. The summed E-state index contributed by atoms with van der Waals surface area (Å²) in [5.41, 5.74) is 0.562. The van der Waals surface area contributed by atoms with Crippen molar-refractivity contribution in [3.8, 4) is 11.5 Å². The normalized spacial score (nSPS) is 14.4. The Bertz CT molecular complexity index is 696. The Morgan fingerprint density at radius 1 is 1.04 bits per heavy atom. The van der Waals surface area contributed by atoms with Gasteiger partial charge < -0.3 is 19.7 Å². The second kappa shape index (κ2) is 9.03. The van der Waals surface area contributed by atoms with Gasteiger partial charge in [0.25, 0.3) is 5.91 Å². The van der Waals surface area contributed by atoms with Crippen molar-refractivity contribution in [2.75, 3.05) is 37.0 Å². The second-order valence-electron chi connectivity index (χ2n) is 6.19. The van der Waals surface area contributed by atoms with Crippen LogP contribution < -0.4 is 19.7 Å². The SMILES string of the molecule is COc1ccc(OCC(=O)Nc2cnc(N3CCCCCC3)nc2)cc1. The fourth-order valence-electron chi connectivity index (χ4n) is 2.84. The third-order valence-electron chi connectivity index (χ3n) is 4.24. The number of nitrogens with zero attached hydrogens (tertiary/aromatic N) is 3. The summed E-state index contributed by atoms with van der Waals surface area (Å²) in [6, 6.07) is 7.07. The minimum Gasteiger partial charge on any atom is -0.497 e. The van der Waals surface area contributed by atoms with Gasteiger partial charge in [0.1, 0.15) is 11.5 Å². The average Bonchev–Trinajstić information content (AvgIpc) is 2.97. The summed E-state index contributed by atoms with van der Waals surface area (Å²) in [5.74, 6) is 1.81. The van der Waals surface area contributed by atoms with Crippen molar-refractivity contribution in [3.05, 3.63) is 36.7 Å². The molecule has 0 atom stereocenters. The van der Waals surface area contributed by atoms with Crippen LogP contribution in [0.25, 0.3) is 0 Å². The molecular formula is C19H24N4O3. The standard InChI is InChI=1S/C19H24N4O3/c1-25-16-6-8-17(9-7-16)26-14-18(24)22-15-12-20-19(21-13-15)23-10-4-2-3-5-11-23/h6-9,12-13H,2-5,10-11,14H2,1H3,(H,22,24). The van der Waals surface area contributed by atoms with E-state index in [1.54, 1.807) is 43.8 Å². The summed E-state index contributed by atoms with van der Waals surface area (Å²) in [7, 11) is 1.60. The molecule has 138 valence electrons. The molecule has 0 bridgehead atoms. The van der Waals surface area contributed by atoms with Crippen LogP contribution in [0.2, 0.25) is 0 Å². The van der Waals surface area contributed by atoms with Gasteiger partial charge in [0, 0.05) is 13.1 Å². The van der Waals surface area contributed by atoms with E-state index < -0.39 is 0 Å². The van der Waals surface area contributed by atoms with Crippen LogP contribution in [0, 0.1) is 0 Å². The molecule has 0 unspecified atom stereocenters. The maximum Gasteiger partial charge on any atom is 0.262 e. The Balaban J connectivity index is 1.49. The highest BCUT2D eigenvalue weighted by Crippen LogP contribution is 2.18. The number of amides is 1. The van der Waals surface area contributed by atoms with Crippen LogP contribution in [0.5, 0.6) is 11.5 Å². The quantitative estimate of drug-likeness (QED) is 0.858. The largest absolute Gasteiger partial charge is 0.497 e. The third-order valence-corrected chi connectivity index (χ3v) is 4.24. The Morgan fingerprint density at radius 2 is 1.65 bits per heavy atom. The van der Waals surface area contributed by atoms with Gasteiger partial charge >= 0.3 is 0 Å². The molecule has 0 radical (unpaired) electrons. The van der Waals surface area contributed by atoms with Crippen molar-refractivity contribution in [2.24, 2.45) is 0 Å². The predicted molar refractivity (Wildman–Crippen MR) is 99.8 cm³/mol. The fourth-order valence-corrected chi connectivity index (χ4v) is 2.84. The molecule has 7 heteroatoms. The summed E-state index contributed by atoms with van der Waals surface area (Å²) in [6.45, 7) is 1.89. The Hall–Kier alpha value is -2.83. The highest BCUT2D eigenvalue weighted by molar-refractivity contribution is 5.91. The molecule has 3 rings (SSSR count). The number of benzene rings is 1. The molecule has 1 N–H and O–H groups in total. The zero-order chi connectivity index (χ0) is 18.2. The number of rotatable bonds is 6. The van der Waals surface area contributed by atoms with Crippen LogP contribution in [-0.4, -0.2) is 42.7 Å².